The molecule has 0 amide bonds. The second kappa shape index (κ2) is 4.19. The number of ether oxygens (including phenoxy) is 5. The van der Waals surface area contributed by atoms with Gasteiger partial charge in [-0.05, 0) is 13.8 Å². The summed E-state index contributed by atoms with van der Waals surface area (Å²) in [7, 11) is 2.86. The first-order chi connectivity index (χ1) is 7.98. The van der Waals surface area contributed by atoms with Gasteiger partial charge in [-0.2, -0.15) is 0 Å². The van der Waals surface area contributed by atoms with Crippen LogP contribution in [0.1, 0.15) is 13.8 Å². The summed E-state index contributed by atoms with van der Waals surface area (Å²) >= 11 is 0. The lowest BCUT2D eigenvalue weighted by atomic mass is 10.2. The number of hydrogen-bond acceptors (Lipinski definition) is 6. The van der Waals surface area contributed by atoms with Gasteiger partial charge in [0.05, 0.1) is 20.8 Å². The summed E-state index contributed by atoms with van der Waals surface area (Å²) in [5, 5.41) is 0. The van der Waals surface area contributed by atoms with E-state index in [0.29, 0.717) is 12.4 Å². The predicted octanol–water partition coefficient (Wildman–Crippen LogP) is 0.568. The second-order valence-corrected chi connectivity index (χ2v) is 4.29. The van der Waals surface area contributed by atoms with Gasteiger partial charge in [-0.15, -0.1) is 0 Å². The molecule has 2 aliphatic rings. The molecule has 2 rings (SSSR count). The van der Waals surface area contributed by atoms with Crippen LogP contribution in [0.2, 0.25) is 0 Å². The van der Waals surface area contributed by atoms with Gasteiger partial charge in [-0.3, -0.25) is 0 Å². The van der Waals surface area contributed by atoms with Crippen LogP contribution < -0.4 is 0 Å². The van der Waals surface area contributed by atoms with Crippen molar-refractivity contribution in [3.8, 4) is 0 Å². The van der Waals surface area contributed by atoms with E-state index in [1.165, 1.54) is 14.2 Å². The van der Waals surface area contributed by atoms with Crippen LogP contribution in [0.15, 0.2) is 11.5 Å². The summed E-state index contributed by atoms with van der Waals surface area (Å²) in [6.45, 7) is 3.95. The van der Waals surface area contributed by atoms with E-state index in [2.05, 4.69) is 0 Å². The fraction of sp³-hybridized carbons (Fsp3) is 0.727. The first-order valence-corrected chi connectivity index (χ1v) is 5.33. The number of rotatable bonds is 3. The summed E-state index contributed by atoms with van der Waals surface area (Å²) in [6.07, 6.45) is -0.985. The zero-order valence-electron chi connectivity index (χ0n) is 10.3. The smallest absolute Gasteiger partial charge is 0.378 e. The lowest BCUT2D eigenvalue weighted by Gasteiger charge is -2.21. The van der Waals surface area contributed by atoms with Crippen molar-refractivity contribution in [3.05, 3.63) is 11.5 Å². The Hall–Kier alpha value is -1.27. The van der Waals surface area contributed by atoms with Crippen molar-refractivity contribution in [3.63, 3.8) is 0 Å². The molecule has 0 aromatic rings. The van der Waals surface area contributed by atoms with Gasteiger partial charge in [0.15, 0.2) is 17.7 Å². The summed E-state index contributed by atoms with van der Waals surface area (Å²) < 4.78 is 26.3. The van der Waals surface area contributed by atoms with Crippen molar-refractivity contribution >= 4 is 5.97 Å². The van der Waals surface area contributed by atoms with E-state index in [0.717, 1.165) is 0 Å². The third kappa shape index (κ3) is 2.10. The van der Waals surface area contributed by atoms with E-state index in [4.69, 9.17) is 23.7 Å². The minimum absolute atomic E-state index is 0.0887. The highest BCUT2D eigenvalue weighted by atomic mass is 16.8. The monoisotopic (exact) mass is 244 g/mol. The van der Waals surface area contributed by atoms with Gasteiger partial charge >= 0.3 is 5.97 Å². The molecule has 0 spiro atoms. The number of carbonyl (C=O) groups is 1. The van der Waals surface area contributed by atoms with Crippen molar-refractivity contribution in [2.24, 2.45) is 0 Å². The molecular weight excluding hydrogens is 228 g/mol. The molecule has 2 atom stereocenters. The van der Waals surface area contributed by atoms with Crippen molar-refractivity contribution in [2.75, 3.05) is 20.8 Å². The maximum Gasteiger partial charge on any atom is 0.378 e. The molecule has 6 nitrogen and oxygen atoms in total. The molecule has 0 aliphatic carbocycles. The van der Waals surface area contributed by atoms with Crippen LogP contribution in [0.4, 0.5) is 0 Å². The van der Waals surface area contributed by atoms with E-state index in [-0.39, 0.29) is 11.9 Å². The largest absolute Gasteiger partial charge is 0.493 e. The van der Waals surface area contributed by atoms with Crippen LogP contribution in [0.3, 0.4) is 0 Å². The summed E-state index contributed by atoms with van der Waals surface area (Å²) in [6, 6.07) is 0. The Balaban J connectivity index is 2.18. The van der Waals surface area contributed by atoms with Crippen molar-refractivity contribution in [2.45, 2.75) is 31.8 Å². The van der Waals surface area contributed by atoms with Crippen LogP contribution in [0.25, 0.3) is 0 Å². The summed E-state index contributed by atoms with van der Waals surface area (Å²) in [5.74, 6) is -0.775. The van der Waals surface area contributed by atoms with Gasteiger partial charge in [-0.25, -0.2) is 4.79 Å². The molecule has 2 aliphatic heterocycles. The van der Waals surface area contributed by atoms with Gasteiger partial charge in [0.1, 0.15) is 6.10 Å². The van der Waals surface area contributed by atoms with Crippen molar-refractivity contribution in [1.82, 2.24) is 0 Å². The SMILES string of the molecule is COC1=C(OC)[C@@H]([C@@H]2COC(C)(C)O2)OC1=O. The molecule has 0 aromatic carbocycles. The van der Waals surface area contributed by atoms with Gasteiger partial charge < -0.3 is 23.7 Å². The average molecular weight is 244 g/mol. The maximum absolute atomic E-state index is 11.5. The third-order valence-corrected chi connectivity index (χ3v) is 2.69. The van der Waals surface area contributed by atoms with Crippen molar-refractivity contribution < 1.29 is 28.5 Å². The second-order valence-electron chi connectivity index (χ2n) is 4.29. The average Bonchev–Trinajstić information content (AvgIpc) is 2.78. The molecule has 0 N–H and O–H groups in total. The van der Waals surface area contributed by atoms with E-state index in [1.807, 2.05) is 0 Å². The molecule has 1 fully saturated rings. The Morgan fingerprint density at radius 3 is 2.47 bits per heavy atom. The fourth-order valence-corrected chi connectivity index (χ4v) is 1.95. The Morgan fingerprint density at radius 2 is 2.00 bits per heavy atom. The third-order valence-electron chi connectivity index (χ3n) is 2.69. The van der Waals surface area contributed by atoms with Gasteiger partial charge in [-0.1, -0.05) is 0 Å². The number of hydrogen-bond donors (Lipinski definition) is 0. The van der Waals surface area contributed by atoms with Gasteiger partial charge in [0, 0.05) is 0 Å². The molecule has 0 aromatic heterocycles. The lowest BCUT2D eigenvalue weighted by molar-refractivity contribution is -0.163. The number of carbonyl (C=O) groups excluding carboxylic acids is 1. The number of esters is 1. The molecule has 0 saturated carbocycles. The maximum atomic E-state index is 11.5. The molecule has 96 valence electrons. The Morgan fingerprint density at radius 1 is 1.29 bits per heavy atom. The molecule has 2 heterocycles. The zero-order valence-corrected chi connectivity index (χ0v) is 10.3. The molecule has 17 heavy (non-hydrogen) atoms. The number of methoxy groups -OCH3 is 2. The minimum Gasteiger partial charge on any atom is -0.493 e. The van der Waals surface area contributed by atoms with Crippen LogP contribution >= 0.6 is 0 Å². The lowest BCUT2D eigenvalue weighted by Crippen LogP contribution is -2.33. The zero-order chi connectivity index (χ0) is 12.6. The van der Waals surface area contributed by atoms with E-state index < -0.39 is 17.9 Å². The molecule has 0 unspecified atom stereocenters. The summed E-state index contributed by atoms with van der Waals surface area (Å²) in [4.78, 5) is 11.5. The Kier molecular flexibility index (Phi) is 3.01. The van der Waals surface area contributed by atoms with Crippen molar-refractivity contribution in [1.29, 1.82) is 0 Å². The normalized spacial score (nSPS) is 31.6. The highest BCUT2D eigenvalue weighted by Crippen LogP contribution is 2.33. The first kappa shape index (κ1) is 12.2. The standard InChI is InChI=1S/C11H16O6/c1-11(2)15-5-6(17-11)7-8(13-3)9(14-4)10(12)16-7/h6-7H,5H2,1-4H3/t6-,7+/m0/s1. The molecule has 6 heteroatoms. The van der Waals surface area contributed by atoms with Crippen LogP contribution in [0, 0.1) is 0 Å². The predicted molar refractivity (Wildman–Crippen MR) is 55.8 cm³/mol. The van der Waals surface area contributed by atoms with E-state index >= 15 is 0 Å². The minimum atomic E-state index is -0.675. The molecule has 0 bridgehead atoms. The molecule has 0 radical (unpaired) electrons. The van der Waals surface area contributed by atoms with E-state index in [1.54, 1.807) is 13.8 Å². The van der Waals surface area contributed by atoms with Crippen LogP contribution in [-0.2, 0) is 28.5 Å². The molecule has 1 saturated heterocycles. The number of cyclic esters (lactones) is 1. The Bertz CT molecular complexity index is 359. The molecular formula is C11H16O6. The van der Waals surface area contributed by atoms with Crippen LogP contribution in [-0.4, -0.2) is 44.8 Å². The van der Waals surface area contributed by atoms with Gasteiger partial charge in [0.25, 0.3) is 0 Å². The first-order valence-electron chi connectivity index (χ1n) is 5.33. The quantitative estimate of drug-likeness (QED) is 0.676. The fourth-order valence-electron chi connectivity index (χ4n) is 1.95. The topological polar surface area (TPSA) is 63.2 Å². The van der Waals surface area contributed by atoms with E-state index in [9.17, 15) is 4.79 Å². The Labute approximate surface area is 99.4 Å². The highest BCUT2D eigenvalue weighted by Gasteiger charge is 2.47. The highest BCUT2D eigenvalue weighted by molar-refractivity contribution is 5.89. The van der Waals surface area contributed by atoms with Crippen LogP contribution in [0.5, 0.6) is 0 Å². The van der Waals surface area contributed by atoms with Gasteiger partial charge in [0.2, 0.25) is 5.76 Å². The summed E-state index contributed by atoms with van der Waals surface area (Å²) in [5.41, 5.74) is 0.